The second kappa shape index (κ2) is 8.41. The molecule has 0 spiro atoms. The second-order valence-electron chi connectivity index (χ2n) is 3.80. The normalized spacial score (nSPS) is 14.4. The Hall–Kier alpha value is -0.693. The fourth-order valence-electron chi connectivity index (χ4n) is 1.57. The van der Waals surface area contributed by atoms with Gasteiger partial charge in [0.1, 0.15) is 0 Å². The lowest BCUT2D eigenvalue weighted by Crippen LogP contribution is -2.49. The Morgan fingerprint density at radius 3 is 2.35 bits per heavy atom. The Kier molecular flexibility index (Phi) is 8.06. The molecule has 0 aliphatic heterocycles. The Balaban J connectivity index is 4.11. The Morgan fingerprint density at radius 1 is 1.35 bits per heavy atom. The van der Waals surface area contributed by atoms with Crippen LogP contribution in [0.2, 0.25) is 12.6 Å². The van der Waals surface area contributed by atoms with E-state index in [1.165, 1.54) is 0 Å². The summed E-state index contributed by atoms with van der Waals surface area (Å²) < 4.78 is 20.9. The van der Waals surface area contributed by atoms with Crippen LogP contribution in [-0.2, 0) is 23.4 Å². The minimum Gasteiger partial charge on any atom is -0.463 e. The fraction of sp³-hybridized carbons (Fsp3) is 0.727. The highest BCUT2D eigenvalue weighted by Gasteiger charge is 2.38. The summed E-state index contributed by atoms with van der Waals surface area (Å²) in [6, 6.07) is 0.792. The predicted molar refractivity (Wildman–Crippen MR) is 67.0 cm³/mol. The maximum Gasteiger partial charge on any atom is 0.330 e. The van der Waals surface area contributed by atoms with E-state index in [1.54, 1.807) is 21.3 Å². The van der Waals surface area contributed by atoms with Gasteiger partial charge >= 0.3 is 5.97 Å². The van der Waals surface area contributed by atoms with E-state index in [0.717, 1.165) is 18.5 Å². The molecule has 17 heavy (non-hydrogen) atoms. The summed E-state index contributed by atoms with van der Waals surface area (Å²) in [5, 5.41) is 0. The quantitative estimate of drug-likeness (QED) is 0.207. The molecule has 0 aromatic heterocycles. The van der Waals surface area contributed by atoms with Crippen molar-refractivity contribution in [3.05, 3.63) is 12.7 Å². The number of methoxy groups -OCH3 is 2. The van der Waals surface area contributed by atoms with Crippen molar-refractivity contribution in [2.45, 2.75) is 24.9 Å². The third kappa shape index (κ3) is 5.45. The molecule has 0 saturated heterocycles. The molecule has 0 aromatic rings. The number of carbonyl (C=O) groups excluding carboxylic acids is 1. The second-order valence-corrected chi connectivity index (χ2v) is 7.80. The molecular formula is C11H22O5Si. The summed E-state index contributed by atoms with van der Waals surface area (Å²) >= 11 is 0. The van der Waals surface area contributed by atoms with E-state index in [9.17, 15) is 4.79 Å². The molecule has 0 amide bonds. The summed E-state index contributed by atoms with van der Waals surface area (Å²) in [5.74, 6) is -0.719. The topological polar surface area (TPSA) is 54.0 Å². The molecule has 0 rings (SSSR count). The van der Waals surface area contributed by atoms with Crippen molar-refractivity contribution in [1.82, 2.24) is 0 Å². The van der Waals surface area contributed by atoms with Crippen molar-refractivity contribution in [2.75, 3.05) is 27.9 Å². The molecule has 100 valence electrons. The largest absolute Gasteiger partial charge is 0.463 e. The van der Waals surface area contributed by atoms with E-state index in [0.29, 0.717) is 6.61 Å². The summed E-state index contributed by atoms with van der Waals surface area (Å²) in [5.41, 5.74) is 0. The molecule has 0 aliphatic carbocycles. The van der Waals surface area contributed by atoms with Crippen molar-refractivity contribution < 1.29 is 23.4 Å². The van der Waals surface area contributed by atoms with Gasteiger partial charge in [0.25, 0.3) is 0 Å². The van der Waals surface area contributed by atoms with Crippen LogP contribution in [0.1, 0.15) is 6.42 Å². The van der Waals surface area contributed by atoms with Gasteiger partial charge in [-0.05, 0) is 19.0 Å². The van der Waals surface area contributed by atoms with Crippen molar-refractivity contribution >= 4 is 14.3 Å². The van der Waals surface area contributed by atoms with Gasteiger partial charge in [0.2, 0.25) is 8.32 Å². The molecule has 0 N–H and O–H groups in total. The summed E-state index contributed by atoms with van der Waals surface area (Å²) in [6.45, 7) is 5.71. The summed E-state index contributed by atoms with van der Waals surface area (Å²) in [4.78, 5) is 10.8. The molecule has 1 atom stereocenters. The Morgan fingerprint density at radius 2 is 1.94 bits per heavy atom. The molecule has 0 heterocycles. The maximum atomic E-state index is 10.8. The van der Waals surface area contributed by atoms with Crippen LogP contribution in [0.3, 0.4) is 0 Å². The number of ether oxygens (including phenoxy) is 3. The van der Waals surface area contributed by atoms with Crippen LogP contribution in [0.4, 0.5) is 0 Å². The van der Waals surface area contributed by atoms with Crippen LogP contribution in [0.15, 0.2) is 12.7 Å². The smallest absolute Gasteiger partial charge is 0.330 e. The van der Waals surface area contributed by atoms with E-state index < -0.39 is 14.3 Å². The first-order valence-corrected chi connectivity index (χ1v) is 8.13. The molecular weight excluding hydrogens is 240 g/mol. The zero-order valence-electron chi connectivity index (χ0n) is 11.0. The Labute approximate surface area is 104 Å². The van der Waals surface area contributed by atoms with E-state index >= 15 is 0 Å². The lowest BCUT2D eigenvalue weighted by atomic mass is 10.5. The van der Waals surface area contributed by atoms with Gasteiger partial charge in [0.05, 0.1) is 6.61 Å². The van der Waals surface area contributed by atoms with Crippen molar-refractivity contribution in [3.63, 3.8) is 0 Å². The average Bonchev–Trinajstić information content (AvgIpc) is 2.35. The molecule has 0 aromatic carbocycles. The van der Waals surface area contributed by atoms with Crippen LogP contribution in [0.5, 0.6) is 0 Å². The third-order valence-electron chi connectivity index (χ3n) is 2.62. The zero-order valence-corrected chi connectivity index (χ0v) is 12.0. The van der Waals surface area contributed by atoms with Crippen molar-refractivity contribution in [1.29, 1.82) is 0 Å². The van der Waals surface area contributed by atoms with Crippen molar-refractivity contribution in [3.8, 4) is 0 Å². The highest BCUT2D eigenvalue weighted by atomic mass is 28.4. The number of esters is 1. The summed E-state index contributed by atoms with van der Waals surface area (Å²) in [6.07, 6.45) is 1.87. The third-order valence-corrected chi connectivity index (χ3v) is 6.37. The number of carbonyl (C=O) groups is 1. The first-order chi connectivity index (χ1) is 8.03. The van der Waals surface area contributed by atoms with Gasteiger partial charge in [-0.3, -0.25) is 0 Å². The highest BCUT2D eigenvalue weighted by Crippen LogP contribution is 2.20. The van der Waals surface area contributed by atoms with E-state index in [-0.39, 0.29) is 5.91 Å². The van der Waals surface area contributed by atoms with Gasteiger partial charge < -0.3 is 18.6 Å². The Bertz CT molecular complexity index is 242. The first kappa shape index (κ1) is 16.3. The van der Waals surface area contributed by atoms with Crippen LogP contribution >= 0.6 is 0 Å². The van der Waals surface area contributed by atoms with Crippen molar-refractivity contribution in [2.24, 2.45) is 0 Å². The van der Waals surface area contributed by atoms with E-state index in [2.05, 4.69) is 6.58 Å². The molecule has 5 nitrogen and oxygen atoms in total. The molecule has 0 aliphatic rings. The van der Waals surface area contributed by atoms with Crippen LogP contribution in [0.25, 0.3) is 0 Å². The number of hydrogen-bond donors (Lipinski definition) is 0. The standard InChI is InChI=1S/C11H22O5Si/c1-6-10(12)16-8-7-9-17(5,15-4)11(13-2)14-3/h6,11H,1,7-9H2,2-5H3. The summed E-state index contributed by atoms with van der Waals surface area (Å²) in [7, 11) is 2.75. The average molecular weight is 262 g/mol. The first-order valence-electron chi connectivity index (χ1n) is 5.44. The minimum absolute atomic E-state index is 0.317. The molecule has 0 radical (unpaired) electrons. The molecule has 0 fully saturated rings. The van der Waals surface area contributed by atoms with Gasteiger partial charge in [-0.15, -0.1) is 0 Å². The zero-order chi connectivity index (χ0) is 13.3. The highest BCUT2D eigenvalue weighted by molar-refractivity contribution is 6.73. The van der Waals surface area contributed by atoms with Gasteiger partial charge in [-0.2, -0.15) is 0 Å². The molecule has 1 unspecified atom stereocenters. The molecule has 0 bridgehead atoms. The molecule has 0 saturated carbocycles. The lowest BCUT2D eigenvalue weighted by Gasteiger charge is -2.31. The number of rotatable bonds is 9. The molecule has 6 heteroatoms. The van der Waals surface area contributed by atoms with Crippen LogP contribution < -0.4 is 0 Å². The van der Waals surface area contributed by atoms with Gasteiger partial charge in [0, 0.05) is 27.4 Å². The van der Waals surface area contributed by atoms with Gasteiger partial charge in [-0.25, -0.2) is 4.79 Å². The van der Waals surface area contributed by atoms with Crippen LogP contribution in [0, 0.1) is 0 Å². The predicted octanol–water partition coefficient (Wildman–Crippen LogP) is 1.49. The fourth-order valence-corrected chi connectivity index (χ4v) is 4.04. The van der Waals surface area contributed by atoms with E-state index in [1.807, 2.05) is 6.55 Å². The SMILES string of the molecule is C=CC(=O)OCCC[Si](C)(OC)C(OC)OC. The maximum absolute atomic E-state index is 10.8. The van der Waals surface area contributed by atoms with Gasteiger partial charge in [0.15, 0.2) is 5.91 Å². The van der Waals surface area contributed by atoms with Gasteiger partial charge in [-0.1, -0.05) is 6.58 Å². The lowest BCUT2D eigenvalue weighted by molar-refractivity contribution is -0.137. The monoisotopic (exact) mass is 262 g/mol. The minimum atomic E-state index is -2.10. The van der Waals surface area contributed by atoms with E-state index in [4.69, 9.17) is 18.6 Å². The number of hydrogen-bond acceptors (Lipinski definition) is 5. The van der Waals surface area contributed by atoms with Crippen LogP contribution in [-0.4, -0.2) is 48.1 Å².